The molecule has 0 unspecified atom stereocenters. The van der Waals surface area contributed by atoms with E-state index < -0.39 is 0 Å². The summed E-state index contributed by atoms with van der Waals surface area (Å²) in [6.45, 7) is 6.83. The van der Waals surface area contributed by atoms with E-state index in [2.05, 4.69) is 45.1 Å². The summed E-state index contributed by atoms with van der Waals surface area (Å²) >= 11 is 0. The van der Waals surface area contributed by atoms with Crippen LogP contribution in [0.2, 0.25) is 0 Å². The van der Waals surface area contributed by atoms with Gasteiger partial charge in [-0.3, -0.25) is 0 Å². The maximum Gasteiger partial charge on any atom is -0.000465 e. The summed E-state index contributed by atoms with van der Waals surface area (Å²) in [4.78, 5) is 0. The molecule has 0 saturated heterocycles. The summed E-state index contributed by atoms with van der Waals surface area (Å²) in [7, 11) is 0. The maximum absolute atomic E-state index is 2.31. The van der Waals surface area contributed by atoms with Gasteiger partial charge in [0.2, 0.25) is 0 Å². The quantitative estimate of drug-likeness (QED) is 0.449. The molecule has 0 aromatic heterocycles. The predicted molar refractivity (Wildman–Crippen MR) is 45.8 cm³/mol. The Bertz CT molecular complexity index is 143. The molecular formula is C10H16. The van der Waals surface area contributed by atoms with Crippen molar-refractivity contribution in [2.45, 2.75) is 27.2 Å². The molecule has 0 nitrogen and oxygen atoms in total. The molecule has 0 aromatic rings. The normalized spacial score (nSPS) is 19.9. The molecule has 0 aliphatic heterocycles. The zero-order chi connectivity index (χ0) is 7.61. The van der Waals surface area contributed by atoms with Gasteiger partial charge in [0.25, 0.3) is 0 Å². The zero-order valence-corrected chi connectivity index (χ0v) is 7.09. The Balaban J connectivity index is 2.64. The van der Waals surface area contributed by atoms with Crippen LogP contribution in [0, 0.1) is 11.3 Å². The fourth-order valence-electron chi connectivity index (χ4n) is 1.17. The van der Waals surface area contributed by atoms with Gasteiger partial charge < -0.3 is 0 Å². The van der Waals surface area contributed by atoms with Crippen LogP contribution in [0.15, 0.2) is 24.3 Å². The van der Waals surface area contributed by atoms with Crippen molar-refractivity contribution in [1.82, 2.24) is 0 Å². The SMILES string of the molecule is CC(C)(C)C1C=CCC=C1. The van der Waals surface area contributed by atoms with E-state index in [9.17, 15) is 0 Å². The summed E-state index contributed by atoms with van der Waals surface area (Å²) in [6, 6.07) is 0. The van der Waals surface area contributed by atoms with Gasteiger partial charge in [0, 0.05) is 0 Å². The Hall–Kier alpha value is -0.520. The average Bonchev–Trinajstić information content (AvgIpc) is 1.88. The second-order valence-electron chi connectivity index (χ2n) is 3.98. The van der Waals surface area contributed by atoms with Crippen molar-refractivity contribution in [2.75, 3.05) is 0 Å². The second kappa shape index (κ2) is 2.61. The van der Waals surface area contributed by atoms with Crippen LogP contribution in [-0.4, -0.2) is 0 Å². The van der Waals surface area contributed by atoms with Crippen molar-refractivity contribution in [3.8, 4) is 0 Å². The van der Waals surface area contributed by atoms with Gasteiger partial charge in [-0.25, -0.2) is 0 Å². The van der Waals surface area contributed by atoms with E-state index >= 15 is 0 Å². The van der Waals surface area contributed by atoms with Crippen molar-refractivity contribution >= 4 is 0 Å². The zero-order valence-electron chi connectivity index (χ0n) is 7.09. The third-order valence-corrected chi connectivity index (χ3v) is 1.96. The first-order valence-electron chi connectivity index (χ1n) is 3.94. The summed E-state index contributed by atoms with van der Waals surface area (Å²) < 4.78 is 0. The van der Waals surface area contributed by atoms with Crippen LogP contribution < -0.4 is 0 Å². The molecule has 0 saturated carbocycles. The molecule has 10 heavy (non-hydrogen) atoms. The molecule has 0 atom stereocenters. The molecule has 0 N–H and O–H groups in total. The minimum atomic E-state index is 0.396. The third-order valence-electron chi connectivity index (χ3n) is 1.96. The van der Waals surface area contributed by atoms with Crippen molar-refractivity contribution in [2.24, 2.45) is 11.3 Å². The van der Waals surface area contributed by atoms with Gasteiger partial charge >= 0.3 is 0 Å². The summed E-state index contributed by atoms with van der Waals surface area (Å²) in [5.41, 5.74) is 0.396. The van der Waals surface area contributed by atoms with Crippen LogP contribution in [0.4, 0.5) is 0 Å². The summed E-state index contributed by atoms with van der Waals surface area (Å²) in [6.07, 6.45) is 10.2. The molecule has 56 valence electrons. The fourth-order valence-corrected chi connectivity index (χ4v) is 1.17. The Morgan fingerprint density at radius 2 is 1.60 bits per heavy atom. The van der Waals surface area contributed by atoms with Crippen molar-refractivity contribution in [3.63, 3.8) is 0 Å². The topological polar surface area (TPSA) is 0 Å². The van der Waals surface area contributed by atoms with Gasteiger partial charge in [-0.05, 0) is 17.8 Å². The first kappa shape index (κ1) is 7.59. The van der Waals surface area contributed by atoms with Gasteiger partial charge in [0.05, 0.1) is 0 Å². The third kappa shape index (κ3) is 1.73. The van der Waals surface area contributed by atoms with Crippen molar-refractivity contribution in [3.05, 3.63) is 24.3 Å². The second-order valence-corrected chi connectivity index (χ2v) is 3.98. The smallest absolute Gasteiger partial charge is 0.000465 e. The van der Waals surface area contributed by atoms with Crippen LogP contribution in [0.5, 0.6) is 0 Å². The number of hydrogen-bond acceptors (Lipinski definition) is 0. The molecule has 0 heteroatoms. The molecular weight excluding hydrogens is 120 g/mol. The minimum Gasteiger partial charge on any atom is -0.0841 e. The molecule has 0 aromatic carbocycles. The van der Waals surface area contributed by atoms with E-state index in [0.717, 1.165) is 6.42 Å². The maximum atomic E-state index is 2.31. The molecule has 0 fully saturated rings. The lowest BCUT2D eigenvalue weighted by Gasteiger charge is -2.26. The van der Waals surface area contributed by atoms with Crippen LogP contribution >= 0.6 is 0 Å². The first-order valence-corrected chi connectivity index (χ1v) is 3.94. The largest absolute Gasteiger partial charge is 0.0841 e. The highest BCUT2D eigenvalue weighted by atomic mass is 14.2. The molecule has 1 aliphatic carbocycles. The molecule has 0 radical (unpaired) electrons. The highest BCUT2D eigenvalue weighted by Gasteiger charge is 2.19. The van der Waals surface area contributed by atoms with Crippen LogP contribution in [0.1, 0.15) is 27.2 Å². The highest BCUT2D eigenvalue weighted by Crippen LogP contribution is 2.29. The Kier molecular flexibility index (Phi) is 1.98. The summed E-state index contributed by atoms with van der Waals surface area (Å²) in [5, 5.41) is 0. The van der Waals surface area contributed by atoms with Crippen molar-refractivity contribution < 1.29 is 0 Å². The predicted octanol–water partition coefficient (Wildman–Crippen LogP) is 3.16. The van der Waals surface area contributed by atoms with Crippen LogP contribution in [0.3, 0.4) is 0 Å². The first-order chi connectivity index (χ1) is 4.61. The highest BCUT2D eigenvalue weighted by molar-refractivity contribution is 5.11. The number of allylic oxidation sites excluding steroid dienone is 4. The summed E-state index contributed by atoms with van der Waals surface area (Å²) in [5.74, 6) is 0.640. The average molecular weight is 136 g/mol. The van der Waals surface area contributed by atoms with E-state index in [4.69, 9.17) is 0 Å². The van der Waals surface area contributed by atoms with Gasteiger partial charge in [0.15, 0.2) is 0 Å². The Morgan fingerprint density at radius 3 is 1.90 bits per heavy atom. The number of hydrogen-bond donors (Lipinski definition) is 0. The lowest BCUT2D eigenvalue weighted by molar-refractivity contribution is 0.341. The monoisotopic (exact) mass is 136 g/mol. The van der Waals surface area contributed by atoms with Crippen LogP contribution in [0.25, 0.3) is 0 Å². The standard InChI is InChI=1S/C10H16/c1-10(2,3)9-7-5-4-6-8-9/h5-9H,4H2,1-3H3. The molecule has 0 amide bonds. The van der Waals surface area contributed by atoms with Crippen LogP contribution in [-0.2, 0) is 0 Å². The lowest BCUT2D eigenvalue weighted by atomic mass is 9.79. The van der Waals surface area contributed by atoms with E-state index in [1.165, 1.54) is 0 Å². The van der Waals surface area contributed by atoms with Gasteiger partial charge in [0.1, 0.15) is 0 Å². The van der Waals surface area contributed by atoms with E-state index in [-0.39, 0.29) is 0 Å². The van der Waals surface area contributed by atoms with Gasteiger partial charge in [-0.1, -0.05) is 45.1 Å². The van der Waals surface area contributed by atoms with Gasteiger partial charge in [-0.15, -0.1) is 0 Å². The Labute approximate surface area is 63.6 Å². The van der Waals surface area contributed by atoms with E-state index in [0.29, 0.717) is 11.3 Å². The fraction of sp³-hybridized carbons (Fsp3) is 0.600. The molecule has 0 spiro atoms. The van der Waals surface area contributed by atoms with Crippen molar-refractivity contribution in [1.29, 1.82) is 0 Å². The molecule has 1 aliphatic rings. The molecule has 0 bridgehead atoms. The van der Waals surface area contributed by atoms with E-state index in [1.807, 2.05) is 0 Å². The molecule has 1 rings (SSSR count). The number of rotatable bonds is 0. The van der Waals surface area contributed by atoms with Gasteiger partial charge in [-0.2, -0.15) is 0 Å². The van der Waals surface area contributed by atoms with E-state index in [1.54, 1.807) is 0 Å². The minimum absolute atomic E-state index is 0.396. The molecule has 0 heterocycles. The lowest BCUT2D eigenvalue weighted by Crippen LogP contribution is -2.16. The Morgan fingerprint density at radius 1 is 1.10 bits per heavy atom.